The average molecular weight is 278 g/mol. The van der Waals surface area contributed by atoms with Crippen molar-refractivity contribution in [3.05, 3.63) is 23.7 Å². The molecule has 1 N–H and O–H groups in total. The average Bonchev–Trinajstić information content (AvgIpc) is 3.18. The fourth-order valence-electron chi connectivity index (χ4n) is 2.89. The van der Waals surface area contributed by atoms with Gasteiger partial charge >= 0.3 is 0 Å². The molecule has 1 heterocycles. The Morgan fingerprint density at radius 1 is 1.30 bits per heavy atom. The van der Waals surface area contributed by atoms with Crippen LogP contribution in [0.5, 0.6) is 0 Å². The van der Waals surface area contributed by atoms with Crippen LogP contribution in [-0.2, 0) is 6.54 Å². The third-order valence-corrected chi connectivity index (χ3v) is 4.67. The van der Waals surface area contributed by atoms with Crippen molar-refractivity contribution in [1.82, 2.24) is 10.2 Å². The van der Waals surface area contributed by atoms with Gasteiger partial charge in [0, 0.05) is 19.1 Å². The first kappa shape index (κ1) is 15.6. The van der Waals surface area contributed by atoms with E-state index >= 15 is 0 Å². The van der Waals surface area contributed by atoms with Crippen molar-refractivity contribution in [1.29, 1.82) is 0 Å². The van der Waals surface area contributed by atoms with Crippen LogP contribution < -0.4 is 5.32 Å². The Kier molecular flexibility index (Phi) is 5.28. The highest BCUT2D eigenvalue weighted by molar-refractivity contribution is 5.05. The van der Waals surface area contributed by atoms with Gasteiger partial charge in [-0.3, -0.25) is 4.90 Å². The molecule has 0 aliphatic heterocycles. The first-order valence-electron chi connectivity index (χ1n) is 8.04. The van der Waals surface area contributed by atoms with Crippen molar-refractivity contribution in [2.45, 2.75) is 59.0 Å². The molecule has 1 fully saturated rings. The molecule has 1 saturated carbocycles. The van der Waals surface area contributed by atoms with Crippen molar-refractivity contribution in [3.63, 3.8) is 0 Å². The molecule has 0 spiro atoms. The molecule has 0 amide bonds. The SMILES string of the molecule is CCC(CC)(CNC1CC1)CN(C)Cc1ccc(C)o1. The summed E-state index contributed by atoms with van der Waals surface area (Å²) in [5, 5.41) is 3.72. The number of hydrogen-bond acceptors (Lipinski definition) is 3. The van der Waals surface area contributed by atoms with E-state index in [-0.39, 0.29) is 0 Å². The lowest BCUT2D eigenvalue weighted by Crippen LogP contribution is -2.42. The first-order valence-corrected chi connectivity index (χ1v) is 8.04. The molecular weight excluding hydrogens is 248 g/mol. The molecule has 0 saturated heterocycles. The van der Waals surface area contributed by atoms with Crippen LogP contribution in [0.25, 0.3) is 0 Å². The Balaban J connectivity index is 1.88. The van der Waals surface area contributed by atoms with Gasteiger partial charge in [0.2, 0.25) is 0 Å². The van der Waals surface area contributed by atoms with Crippen LogP contribution in [0.2, 0.25) is 0 Å². The molecule has 0 bridgehead atoms. The number of nitrogens with zero attached hydrogens (tertiary/aromatic N) is 1. The van der Waals surface area contributed by atoms with Gasteiger partial charge in [-0.15, -0.1) is 0 Å². The largest absolute Gasteiger partial charge is 0.465 e. The molecule has 1 aliphatic carbocycles. The van der Waals surface area contributed by atoms with Crippen molar-refractivity contribution in [2.75, 3.05) is 20.1 Å². The molecule has 3 heteroatoms. The molecule has 2 rings (SSSR count). The second kappa shape index (κ2) is 6.77. The van der Waals surface area contributed by atoms with Crippen LogP contribution in [0, 0.1) is 12.3 Å². The van der Waals surface area contributed by atoms with E-state index in [4.69, 9.17) is 4.42 Å². The predicted octanol–water partition coefficient (Wildman–Crippen LogP) is 3.58. The fourth-order valence-corrected chi connectivity index (χ4v) is 2.89. The van der Waals surface area contributed by atoms with Gasteiger partial charge in [0.25, 0.3) is 0 Å². The molecule has 1 aliphatic rings. The van der Waals surface area contributed by atoms with Gasteiger partial charge in [-0.1, -0.05) is 13.8 Å². The second-order valence-electron chi connectivity index (χ2n) is 6.55. The number of aryl methyl sites for hydroxylation is 1. The highest BCUT2D eigenvalue weighted by atomic mass is 16.3. The molecule has 20 heavy (non-hydrogen) atoms. The summed E-state index contributed by atoms with van der Waals surface area (Å²) in [5.74, 6) is 2.07. The molecule has 0 radical (unpaired) electrons. The maximum absolute atomic E-state index is 5.69. The van der Waals surface area contributed by atoms with Gasteiger partial charge in [-0.2, -0.15) is 0 Å². The van der Waals surface area contributed by atoms with Crippen LogP contribution >= 0.6 is 0 Å². The lowest BCUT2D eigenvalue weighted by atomic mass is 9.81. The minimum atomic E-state index is 0.388. The Morgan fingerprint density at radius 2 is 2.00 bits per heavy atom. The summed E-state index contributed by atoms with van der Waals surface area (Å²) in [5.41, 5.74) is 0.388. The van der Waals surface area contributed by atoms with E-state index in [0.717, 1.165) is 37.2 Å². The van der Waals surface area contributed by atoms with Crippen molar-refractivity contribution in [3.8, 4) is 0 Å². The van der Waals surface area contributed by atoms with Gasteiger partial charge in [0.05, 0.1) is 6.54 Å². The van der Waals surface area contributed by atoms with Gasteiger partial charge in [0.1, 0.15) is 11.5 Å². The van der Waals surface area contributed by atoms with Crippen LogP contribution in [0.4, 0.5) is 0 Å². The molecular formula is C17H30N2O. The smallest absolute Gasteiger partial charge is 0.118 e. The van der Waals surface area contributed by atoms with Gasteiger partial charge in [-0.05, 0) is 57.2 Å². The summed E-state index contributed by atoms with van der Waals surface area (Å²) in [6.45, 7) is 9.82. The summed E-state index contributed by atoms with van der Waals surface area (Å²) in [4.78, 5) is 2.40. The van der Waals surface area contributed by atoms with Gasteiger partial charge in [0.15, 0.2) is 0 Å². The second-order valence-corrected chi connectivity index (χ2v) is 6.55. The molecule has 3 nitrogen and oxygen atoms in total. The minimum Gasteiger partial charge on any atom is -0.465 e. The standard InChI is InChI=1S/C17H30N2O/c1-5-17(6-2,12-18-15-8-9-15)13-19(4)11-16-10-7-14(3)20-16/h7,10,15,18H,5-6,8-9,11-13H2,1-4H3. The monoisotopic (exact) mass is 278 g/mol. The molecule has 1 aromatic heterocycles. The zero-order valence-corrected chi connectivity index (χ0v) is 13.5. The molecule has 0 aromatic carbocycles. The Bertz CT molecular complexity index is 405. The molecule has 114 valence electrons. The van der Waals surface area contributed by atoms with Crippen LogP contribution in [0.1, 0.15) is 51.1 Å². The minimum absolute atomic E-state index is 0.388. The van der Waals surface area contributed by atoms with E-state index in [0.29, 0.717) is 5.41 Å². The van der Waals surface area contributed by atoms with E-state index in [1.165, 1.54) is 25.7 Å². The Hall–Kier alpha value is -0.800. The van der Waals surface area contributed by atoms with E-state index < -0.39 is 0 Å². The van der Waals surface area contributed by atoms with E-state index in [2.05, 4.69) is 37.2 Å². The highest BCUT2D eigenvalue weighted by Gasteiger charge is 2.31. The van der Waals surface area contributed by atoms with Crippen LogP contribution in [-0.4, -0.2) is 31.1 Å². The summed E-state index contributed by atoms with van der Waals surface area (Å²) in [6, 6.07) is 4.93. The maximum atomic E-state index is 5.69. The molecule has 0 atom stereocenters. The number of furan rings is 1. The summed E-state index contributed by atoms with van der Waals surface area (Å²) < 4.78 is 5.69. The molecule has 0 unspecified atom stereocenters. The first-order chi connectivity index (χ1) is 9.57. The number of hydrogen-bond donors (Lipinski definition) is 1. The van der Waals surface area contributed by atoms with Crippen molar-refractivity contribution >= 4 is 0 Å². The number of nitrogens with one attached hydrogen (secondary N) is 1. The topological polar surface area (TPSA) is 28.4 Å². The van der Waals surface area contributed by atoms with E-state index in [9.17, 15) is 0 Å². The maximum Gasteiger partial charge on any atom is 0.118 e. The Morgan fingerprint density at radius 3 is 2.50 bits per heavy atom. The third kappa shape index (κ3) is 4.35. The van der Waals surface area contributed by atoms with Gasteiger partial charge < -0.3 is 9.73 Å². The van der Waals surface area contributed by atoms with E-state index in [1.807, 2.05) is 13.0 Å². The molecule has 1 aromatic rings. The van der Waals surface area contributed by atoms with Crippen molar-refractivity contribution in [2.24, 2.45) is 5.41 Å². The van der Waals surface area contributed by atoms with Crippen molar-refractivity contribution < 1.29 is 4.42 Å². The van der Waals surface area contributed by atoms with Gasteiger partial charge in [-0.25, -0.2) is 0 Å². The summed E-state index contributed by atoms with van der Waals surface area (Å²) in [6.07, 6.45) is 5.19. The zero-order chi connectivity index (χ0) is 14.6. The predicted molar refractivity (Wildman–Crippen MR) is 83.8 cm³/mol. The fraction of sp³-hybridized carbons (Fsp3) is 0.765. The zero-order valence-electron chi connectivity index (χ0n) is 13.5. The highest BCUT2D eigenvalue weighted by Crippen LogP contribution is 2.29. The quantitative estimate of drug-likeness (QED) is 0.748. The van der Waals surface area contributed by atoms with Crippen LogP contribution in [0.3, 0.4) is 0 Å². The summed E-state index contributed by atoms with van der Waals surface area (Å²) >= 11 is 0. The Labute approximate surface area is 123 Å². The number of rotatable bonds is 9. The lowest BCUT2D eigenvalue weighted by molar-refractivity contribution is 0.144. The summed E-state index contributed by atoms with van der Waals surface area (Å²) in [7, 11) is 2.20. The van der Waals surface area contributed by atoms with Crippen LogP contribution in [0.15, 0.2) is 16.5 Å². The van der Waals surface area contributed by atoms with E-state index in [1.54, 1.807) is 0 Å². The lowest BCUT2D eigenvalue weighted by Gasteiger charge is -2.36. The third-order valence-electron chi connectivity index (χ3n) is 4.67. The normalized spacial score (nSPS) is 16.1.